The zero-order valence-corrected chi connectivity index (χ0v) is 27.3. The SMILES string of the molecule is c1ccc2cc(-c3nc(-c4ccc5ccccc5c4)nc(-c4cc5ccc6ccccc6c5c5oc6c7ccccc7ccc6c45)n3)ccc2c1. The van der Waals surface area contributed by atoms with Gasteiger partial charge in [0.2, 0.25) is 0 Å². The summed E-state index contributed by atoms with van der Waals surface area (Å²) < 4.78 is 7.00. The van der Waals surface area contributed by atoms with Gasteiger partial charge in [0.05, 0.1) is 0 Å². The van der Waals surface area contributed by atoms with Crippen LogP contribution in [0.3, 0.4) is 0 Å². The van der Waals surface area contributed by atoms with E-state index in [1.807, 2.05) is 0 Å². The first-order chi connectivity index (χ1) is 25.2. The highest BCUT2D eigenvalue weighted by atomic mass is 16.3. The standard InChI is InChI=1S/C47H27N3O/c1-3-13-32-25-35(21-17-28(32)9-1)45-48-46(36-22-18-29-10-2-4-14-33(29)26-36)50-47(49-45)40-27-34-20-19-30-11-5-7-15-37(30)41(34)44-42(40)39-24-23-31-12-6-8-16-38(31)43(39)51-44/h1-27H. The predicted molar refractivity (Wildman–Crippen MR) is 211 cm³/mol. The second-order valence-electron chi connectivity index (χ2n) is 13.2. The summed E-state index contributed by atoms with van der Waals surface area (Å²) in [7, 11) is 0. The van der Waals surface area contributed by atoms with Gasteiger partial charge >= 0.3 is 0 Å². The van der Waals surface area contributed by atoms with Gasteiger partial charge < -0.3 is 4.42 Å². The van der Waals surface area contributed by atoms with Gasteiger partial charge in [-0.15, -0.1) is 0 Å². The monoisotopic (exact) mass is 649 g/mol. The Morgan fingerprint density at radius 2 is 0.804 bits per heavy atom. The van der Waals surface area contributed by atoms with Gasteiger partial charge in [0, 0.05) is 38.2 Å². The third-order valence-corrected chi connectivity index (χ3v) is 10.2. The first kappa shape index (κ1) is 28.0. The van der Waals surface area contributed by atoms with Crippen molar-refractivity contribution in [3.8, 4) is 34.2 Å². The Morgan fingerprint density at radius 1 is 0.314 bits per heavy atom. The minimum atomic E-state index is 0.604. The summed E-state index contributed by atoms with van der Waals surface area (Å²) in [6.07, 6.45) is 0. The molecule has 0 aliphatic heterocycles. The molecule has 0 saturated heterocycles. The van der Waals surface area contributed by atoms with E-state index in [-0.39, 0.29) is 0 Å². The van der Waals surface area contributed by atoms with Crippen molar-refractivity contribution in [1.29, 1.82) is 0 Å². The fraction of sp³-hybridized carbons (Fsp3) is 0. The van der Waals surface area contributed by atoms with Crippen molar-refractivity contribution >= 4 is 75.8 Å². The van der Waals surface area contributed by atoms with Crippen LogP contribution in [0.1, 0.15) is 0 Å². The Kier molecular flexibility index (Phi) is 5.92. The van der Waals surface area contributed by atoms with Crippen molar-refractivity contribution in [2.75, 3.05) is 0 Å². The van der Waals surface area contributed by atoms with Crippen LogP contribution in [0.15, 0.2) is 168 Å². The maximum absolute atomic E-state index is 7.00. The van der Waals surface area contributed by atoms with E-state index < -0.39 is 0 Å². The number of nitrogens with zero attached hydrogens (tertiary/aromatic N) is 3. The molecule has 0 atom stereocenters. The molecule has 0 aliphatic rings. The largest absolute Gasteiger partial charge is 0.455 e. The number of hydrogen-bond donors (Lipinski definition) is 0. The molecule has 0 radical (unpaired) electrons. The lowest BCUT2D eigenvalue weighted by atomic mass is 9.95. The molecule has 0 aliphatic carbocycles. The topological polar surface area (TPSA) is 51.8 Å². The highest BCUT2D eigenvalue weighted by Gasteiger charge is 2.22. The predicted octanol–water partition coefficient (Wildman–Crippen LogP) is 12.5. The van der Waals surface area contributed by atoms with Gasteiger partial charge in [0.25, 0.3) is 0 Å². The van der Waals surface area contributed by atoms with Crippen LogP contribution in [-0.2, 0) is 0 Å². The minimum Gasteiger partial charge on any atom is -0.455 e. The number of aromatic nitrogens is 3. The Hall–Kier alpha value is -6.91. The van der Waals surface area contributed by atoms with E-state index in [1.165, 1.54) is 16.2 Å². The van der Waals surface area contributed by atoms with Crippen LogP contribution < -0.4 is 0 Å². The molecule has 0 N–H and O–H groups in total. The Morgan fingerprint density at radius 3 is 1.47 bits per heavy atom. The summed E-state index contributed by atoms with van der Waals surface area (Å²) >= 11 is 0. The lowest BCUT2D eigenvalue weighted by Crippen LogP contribution is -2.01. The Bertz CT molecular complexity index is 3120. The fourth-order valence-corrected chi connectivity index (χ4v) is 7.75. The summed E-state index contributed by atoms with van der Waals surface area (Å²) in [6, 6.07) is 57.5. The Balaban J connectivity index is 1.26. The van der Waals surface area contributed by atoms with Crippen molar-refractivity contribution in [1.82, 2.24) is 15.0 Å². The van der Waals surface area contributed by atoms with Crippen LogP contribution in [0.2, 0.25) is 0 Å². The molecule has 4 nitrogen and oxygen atoms in total. The molecule has 11 aromatic rings. The molecule has 9 aromatic carbocycles. The molecule has 0 fully saturated rings. The second kappa shape index (κ2) is 10.8. The van der Waals surface area contributed by atoms with Crippen molar-refractivity contribution in [2.45, 2.75) is 0 Å². The summed E-state index contributed by atoms with van der Waals surface area (Å²) in [4.78, 5) is 15.7. The molecule has 51 heavy (non-hydrogen) atoms. The van der Waals surface area contributed by atoms with Crippen molar-refractivity contribution in [2.24, 2.45) is 0 Å². The third-order valence-electron chi connectivity index (χ3n) is 10.2. The first-order valence-electron chi connectivity index (χ1n) is 17.2. The van der Waals surface area contributed by atoms with E-state index in [0.717, 1.165) is 76.3 Å². The molecule has 4 heteroatoms. The number of furan rings is 1. The van der Waals surface area contributed by atoms with Crippen molar-refractivity contribution in [3.05, 3.63) is 164 Å². The van der Waals surface area contributed by atoms with Gasteiger partial charge in [0.1, 0.15) is 11.2 Å². The highest BCUT2D eigenvalue weighted by Crippen LogP contribution is 2.45. The van der Waals surface area contributed by atoms with Gasteiger partial charge in [-0.2, -0.15) is 0 Å². The second-order valence-corrected chi connectivity index (χ2v) is 13.2. The van der Waals surface area contributed by atoms with E-state index in [2.05, 4.69) is 164 Å². The van der Waals surface area contributed by atoms with Crippen LogP contribution in [0.4, 0.5) is 0 Å². The fourth-order valence-electron chi connectivity index (χ4n) is 7.75. The number of rotatable bonds is 3. The molecular formula is C47H27N3O. The lowest BCUT2D eigenvalue weighted by molar-refractivity contribution is 0.677. The van der Waals surface area contributed by atoms with Crippen LogP contribution in [0.25, 0.3) is 110 Å². The Labute approximate surface area is 292 Å². The van der Waals surface area contributed by atoms with Gasteiger partial charge in [0.15, 0.2) is 17.5 Å². The third kappa shape index (κ3) is 4.37. The molecule has 0 bridgehead atoms. The van der Waals surface area contributed by atoms with Crippen molar-refractivity contribution < 1.29 is 4.42 Å². The molecule has 2 heterocycles. The summed E-state index contributed by atoms with van der Waals surface area (Å²) in [5.74, 6) is 1.85. The first-order valence-corrected chi connectivity index (χ1v) is 17.2. The number of benzene rings is 9. The van der Waals surface area contributed by atoms with Crippen LogP contribution >= 0.6 is 0 Å². The zero-order valence-electron chi connectivity index (χ0n) is 27.3. The average molecular weight is 650 g/mol. The van der Waals surface area contributed by atoms with Crippen LogP contribution in [0, 0.1) is 0 Å². The van der Waals surface area contributed by atoms with E-state index in [1.54, 1.807) is 0 Å². The summed E-state index contributed by atoms with van der Waals surface area (Å²) in [5.41, 5.74) is 4.48. The zero-order chi connectivity index (χ0) is 33.5. The maximum Gasteiger partial charge on any atom is 0.164 e. The van der Waals surface area contributed by atoms with Crippen LogP contribution in [0.5, 0.6) is 0 Å². The van der Waals surface area contributed by atoms with Crippen molar-refractivity contribution in [3.63, 3.8) is 0 Å². The van der Waals surface area contributed by atoms with Gasteiger partial charge in [-0.25, -0.2) is 15.0 Å². The molecule has 11 rings (SSSR count). The van der Waals surface area contributed by atoms with Gasteiger partial charge in [-0.1, -0.05) is 140 Å². The molecule has 0 amide bonds. The molecule has 0 saturated carbocycles. The molecular weight excluding hydrogens is 623 g/mol. The van der Waals surface area contributed by atoms with Crippen LogP contribution in [-0.4, -0.2) is 15.0 Å². The smallest absolute Gasteiger partial charge is 0.164 e. The average Bonchev–Trinajstić information content (AvgIpc) is 3.60. The summed E-state index contributed by atoms with van der Waals surface area (Å²) in [5, 5.41) is 13.3. The molecule has 236 valence electrons. The highest BCUT2D eigenvalue weighted by molar-refractivity contribution is 6.28. The number of fused-ring (bicyclic) bond motifs is 11. The molecule has 0 spiro atoms. The van der Waals surface area contributed by atoms with Gasteiger partial charge in [-0.05, 0) is 67.4 Å². The van der Waals surface area contributed by atoms with E-state index in [0.29, 0.717) is 17.5 Å². The molecule has 2 aromatic heterocycles. The maximum atomic E-state index is 7.00. The number of hydrogen-bond acceptors (Lipinski definition) is 4. The summed E-state index contributed by atoms with van der Waals surface area (Å²) in [6.45, 7) is 0. The van der Waals surface area contributed by atoms with E-state index >= 15 is 0 Å². The molecule has 0 unspecified atom stereocenters. The van der Waals surface area contributed by atoms with E-state index in [4.69, 9.17) is 19.4 Å². The van der Waals surface area contributed by atoms with Gasteiger partial charge in [-0.3, -0.25) is 0 Å². The normalized spacial score (nSPS) is 11.9. The minimum absolute atomic E-state index is 0.604. The lowest BCUT2D eigenvalue weighted by Gasteiger charge is -2.12. The van der Waals surface area contributed by atoms with E-state index in [9.17, 15) is 0 Å². The quantitative estimate of drug-likeness (QED) is 0.179.